The van der Waals surface area contributed by atoms with Crippen molar-refractivity contribution in [3.63, 3.8) is 0 Å². The van der Waals surface area contributed by atoms with Crippen LogP contribution < -0.4 is 4.74 Å². The van der Waals surface area contributed by atoms with Crippen LogP contribution in [0.5, 0.6) is 5.75 Å². The first-order valence-electron chi connectivity index (χ1n) is 11.7. The van der Waals surface area contributed by atoms with E-state index in [-0.39, 0.29) is 28.9 Å². The Morgan fingerprint density at radius 2 is 1.97 bits per heavy atom. The molecule has 0 radical (unpaired) electrons. The van der Waals surface area contributed by atoms with E-state index in [9.17, 15) is 9.18 Å². The molecule has 1 N–H and O–H groups in total. The van der Waals surface area contributed by atoms with Gasteiger partial charge in [0.25, 0.3) is 5.91 Å². The summed E-state index contributed by atoms with van der Waals surface area (Å²) < 4.78 is 19.2. The van der Waals surface area contributed by atoms with Crippen molar-refractivity contribution in [1.82, 2.24) is 25.0 Å². The van der Waals surface area contributed by atoms with Crippen molar-refractivity contribution in [2.24, 2.45) is 5.41 Å². The maximum Gasteiger partial charge on any atom is 0.254 e. The van der Waals surface area contributed by atoms with E-state index in [1.807, 2.05) is 6.07 Å². The molecule has 0 bridgehead atoms. The molecule has 0 aliphatic carbocycles. The summed E-state index contributed by atoms with van der Waals surface area (Å²) in [5.74, 6) is 1.54. The number of ether oxygens (including phenoxy) is 1. The second kappa shape index (κ2) is 8.83. The first kappa shape index (κ1) is 22.5. The summed E-state index contributed by atoms with van der Waals surface area (Å²) >= 11 is 0. The average molecular weight is 464 g/mol. The molecular weight excluding hydrogens is 433 g/mol. The molecule has 3 heterocycles. The Bertz CT molecular complexity index is 1170. The fourth-order valence-corrected chi connectivity index (χ4v) is 5.27. The molecule has 2 saturated heterocycles. The molecule has 2 fully saturated rings. The number of hydrogen-bond acceptors (Lipinski definition) is 5. The van der Waals surface area contributed by atoms with Gasteiger partial charge in [-0.25, -0.2) is 9.37 Å². The van der Waals surface area contributed by atoms with Gasteiger partial charge >= 0.3 is 0 Å². The van der Waals surface area contributed by atoms with E-state index < -0.39 is 5.82 Å². The van der Waals surface area contributed by atoms with Crippen LogP contribution in [0, 0.1) is 11.2 Å². The number of carbonyl (C=O) groups is 1. The number of benzene rings is 2. The van der Waals surface area contributed by atoms with Gasteiger partial charge in [0, 0.05) is 55.5 Å². The van der Waals surface area contributed by atoms with Crippen molar-refractivity contribution < 1.29 is 13.9 Å². The van der Waals surface area contributed by atoms with Gasteiger partial charge in [0.15, 0.2) is 17.4 Å². The molecule has 0 saturated carbocycles. The van der Waals surface area contributed by atoms with E-state index in [2.05, 4.69) is 53.2 Å². The van der Waals surface area contributed by atoms with Gasteiger partial charge in [-0.05, 0) is 23.8 Å². The molecule has 1 amide bonds. The zero-order chi connectivity index (χ0) is 23.9. The third-order valence-corrected chi connectivity index (χ3v) is 7.03. The van der Waals surface area contributed by atoms with E-state index in [1.165, 1.54) is 24.8 Å². The highest BCUT2D eigenvalue weighted by Crippen LogP contribution is 2.49. The van der Waals surface area contributed by atoms with Crippen LogP contribution in [0.3, 0.4) is 0 Å². The predicted octanol–water partition coefficient (Wildman–Crippen LogP) is 3.82. The molecule has 1 spiro atoms. The third-order valence-electron chi connectivity index (χ3n) is 7.03. The molecule has 2 aromatic carbocycles. The molecule has 34 heavy (non-hydrogen) atoms. The Labute approximate surface area is 198 Å². The summed E-state index contributed by atoms with van der Waals surface area (Å²) in [6.07, 6.45) is 0. The molecule has 1 unspecified atom stereocenters. The number of carbonyl (C=O) groups excluding carboxylic acids is 1. The largest absolute Gasteiger partial charge is 0.494 e. The lowest BCUT2D eigenvalue weighted by atomic mass is 9.71. The minimum absolute atomic E-state index is 0.108. The van der Waals surface area contributed by atoms with Crippen LogP contribution >= 0.6 is 0 Å². The van der Waals surface area contributed by atoms with Crippen molar-refractivity contribution >= 4 is 5.91 Å². The van der Waals surface area contributed by atoms with Crippen LogP contribution in [0.15, 0.2) is 48.5 Å². The maximum absolute atomic E-state index is 14.2. The van der Waals surface area contributed by atoms with Gasteiger partial charge in [0.05, 0.1) is 7.11 Å². The number of nitrogens with one attached hydrogen (secondary N) is 1. The molecule has 3 aromatic rings. The van der Waals surface area contributed by atoms with Gasteiger partial charge in [-0.1, -0.05) is 44.2 Å². The number of H-pyrrole nitrogens is 1. The summed E-state index contributed by atoms with van der Waals surface area (Å²) in [4.78, 5) is 22.1. The average Bonchev–Trinajstić information content (AvgIpc) is 3.43. The number of aromatic amines is 1. The number of aromatic nitrogens is 3. The summed E-state index contributed by atoms with van der Waals surface area (Å²) in [6.45, 7) is 7.93. The topological polar surface area (TPSA) is 74.3 Å². The molecular formula is C26H30FN5O2. The van der Waals surface area contributed by atoms with Gasteiger partial charge in [-0.3, -0.25) is 14.8 Å². The van der Waals surface area contributed by atoms with E-state index in [4.69, 9.17) is 9.72 Å². The first-order valence-corrected chi connectivity index (χ1v) is 11.7. The van der Waals surface area contributed by atoms with Crippen LogP contribution in [0.25, 0.3) is 0 Å². The number of halogens is 1. The van der Waals surface area contributed by atoms with E-state index >= 15 is 0 Å². The molecule has 178 valence electrons. The number of amides is 1. The minimum Gasteiger partial charge on any atom is -0.494 e. The summed E-state index contributed by atoms with van der Waals surface area (Å²) in [5, 5.41) is 7.61. The highest BCUT2D eigenvalue weighted by molar-refractivity contribution is 5.95. The Morgan fingerprint density at radius 1 is 1.21 bits per heavy atom. The molecule has 8 heteroatoms. The van der Waals surface area contributed by atoms with Crippen molar-refractivity contribution in [2.45, 2.75) is 32.2 Å². The maximum atomic E-state index is 14.2. The monoisotopic (exact) mass is 463 g/mol. The standard InChI is InChI=1S/C26H30FN5O2/c1-17(2)23-28-24(30-29-23)20-13-31(12-18-7-5-4-6-8-18)14-26(20)15-32(16-26)25(33)19-9-10-22(34-3)21(27)11-19/h4-11,17,20H,12-16H2,1-3H3,(H,28,29,30). The van der Waals surface area contributed by atoms with Gasteiger partial charge in [0.1, 0.15) is 5.82 Å². The lowest BCUT2D eigenvalue weighted by Gasteiger charge is -2.50. The predicted molar refractivity (Wildman–Crippen MR) is 126 cm³/mol. The zero-order valence-corrected chi connectivity index (χ0v) is 19.8. The number of rotatable bonds is 6. The van der Waals surface area contributed by atoms with Gasteiger partial charge in [0.2, 0.25) is 0 Å². The summed E-state index contributed by atoms with van der Waals surface area (Å²) in [6, 6.07) is 14.8. The summed E-state index contributed by atoms with van der Waals surface area (Å²) in [5.41, 5.74) is 1.49. The van der Waals surface area contributed by atoms with Crippen LogP contribution in [0.2, 0.25) is 0 Å². The van der Waals surface area contributed by atoms with Crippen LogP contribution in [0.1, 0.15) is 53.3 Å². The highest BCUT2D eigenvalue weighted by atomic mass is 19.1. The highest BCUT2D eigenvalue weighted by Gasteiger charge is 2.56. The Morgan fingerprint density at radius 3 is 2.62 bits per heavy atom. The quantitative estimate of drug-likeness (QED) is 0.602. The first-order chi connectivity index (χ1) is 16.4. The number of likely N-dealkylation sites (tertiary alicyclic amines) is 2. The second-order valence-corrected chi connectivity index (χ2v) is 9.81. The molecule has 7 nitrogen and oxygen atoms in total. The molecule has 2 aliphatic heterocycles. The normalized spacial score (nSPS) is 19.6. The van der Waals surface area contributed by atoms with Crippen LogP contribution in [-0.2, 0) is 6.54 Å². The van der Waals surface area contributed by atoms with Crippen molar-refractivity contribution in [3.05, 3.63) is 77.1 Å². The van der Waals surface area contributed by atoms with Gasteiger partial charge < -0.3 is 9.64 Å². The minimum atomic E-state index is -0.528. The molecule has 5 rings (SSSR count). The lowest BCUT2D eigenvalue weighted by Crippen LogP contribution is -2.61. The van der Waals surface area contributed by atoms with Crippen molar-refractivity contribution in [1.29, 1.82) is 0 Å². The van der Waals surface area contributed by atoms with Gasteiger partial charge in [-0.2, -0.15) is 5.10 Å². The van der Waals surface area contributed by atoms with Crippen LogP contribution in [0.4, 0.5) is 4.39 Å². The van der Waals surface area contributed by atoms with Crippen LogP contribution in [-0.4, -0.2) is 64.2 Å². The van der Waals surface area contributed by atoms with E-state index in [0.29, 0.717) is 18.7 Å². The van der Waals surface area contributed by atoms with E-state index in [0.717, 1.165) is 31.3 Å². The Balaban J connectivity index is 1.36. The Kier molecular flexibility index (Phi) is 5.85. The van der Waals surface area contributed by atoms with Gasteiger partial charge in [-0.15, -0.1) is 0 Å². The van der Waals surface area contributed by atoms with Crippen molar-refractivity contribution in [2.75, 3.05) is 33.3 Å². The van der Waals surface area contributed by atoms with E-state index in [1.54, 1.807) is 11.0 Å². The zero-order valence-electron chi connectivity index (χ0n) is 19.8. The van der Waals surface area contributed by atoms with Crippen molar-refractivity contribution in [3.8, 4) is 5.75 Å². The molecule has 1 aromatic heterocycles. The smallest absolute Gasteiger partial charge is 0.254 e. The molecule has 2 aliphatic rings. The number of hydrogen-bond donors (Lipinski definition) is 1. The number of methoxy groups -OCH3 is 1. The second-order valence-electron chi connectivity index (χ2n) is 9.81. The molecule has 1 atom stereocenters. The third kappa shape index (κ3) is 4.07. The fraction of sp³-hybridized carbons (Fsp3) is 0.423. The lowest BCUT2D eigenvalue weighted by molar-refractivity contribution is 0.00176. The SMILES string of the molecule is COc1ccc(C(=O)N2CC3(CN(Cc4ccccc4)CC3c3nc(C(C)C)n[nH]3)C2)cc1F. The fourth-order valence-electron chi connectivity index (χ4n) is 5.27. The Hall–Kier alpha value is -3.26. The summed E-state index contributed by atoms with van der Waals surface area (Å²) in [7, 11) is 1.41. The number of nitrogens with zero attached hydrogens (tertiary/aromatic N) is 4.